The van der Waals surface area contributed by atoms with E-state index in [4.69, 9.17) is 5.26 Å². The van der Waals surface area contributed by atoms with Crippen LogP contribution in [-0.2, 0) is 11.3 Å². The lowest BCUT2D eigenvalue weighted by atomic mass is 9.96. The maximum absolute atomic E-state index is 11.9. The van der Waals surface area contributed by atoms with Crippen LogP contribution >= 0.6 is 0 Å². The van der Waals surface area contributed by atoms with Gasteiger partial charge in [0.1, 0.15) is 5.92 Å². The molecule has 1 aromatic carbocycles. The highest BCUT2D eigenvalue weighted by molar-refractivity contribution is 5.81. The maximum Gasteiger partial charge on any atom is 0.237 e. The van der Waals surface area contributed by atoms with Gasteiger partial charge in [0.25, 0.3) is 0 Å². The molecule has 0 aliphatic carbocycles. The molecule has 1 atom stereocenters. The number of rotatable bonds is 4. The summed E-state index contributed by atoms with van der Waals surface area (Å²) >= 11 is 0. The molecule has 1 aromatic rings. The molecule has 1 N–H and O–H groups in total. The van der Waals surface area contributed by atoms with Gasteiger partial charge in [-0.15, -0.1) is 0 Å². The summed E-state index contributed by atoms with van der Waals surface area (Å²) in [5, 5.41) is 11.8. The van der Waals surface area contributed by atoms with E-state index < -0.39 is 5.92 Å². The number of benzene rings is 1. The Morgan fingerprint density at radius 1 is 1.26 bits per heavy atom. The number of nitriles is 1. The summed E-state index contributed by atoms with van der Waals surface area (Å²) in [6.45, 7) is 10.5. The van der Waals surface area contributed by atoms with Crippen molar-refractivity contribution in [2.75, 3.05) is 0 Å². The minimum atomic E-state index is -0.577. The molecule has 19 heavy (non-hydrogen) atoms. The highest BCUT2D eigenvalue weighted by Crippen LogP contribution is 2.17. The van der Waals surface area contributed by atoms with Crippen molar-refractivity contribution in [2.45, 2.75) is 41.2 Å². The van der Waals surface area contributed by atoms with Crippen LogP contribution in [-0.4, -0.2) is 5.91 Å². The zero-order chi connectivity index (χ0) is 14.6. The number of nitrogens with one attached hydrogen (secondary N) is 1. The number of amides is 1. The molecule has 3 heteroatoms. The monoisotopic (exact) mass is 258 g/mol. The van der Waals surface area contributed by atoms with Crippen LogP contribution in [0.15, 0.2) is 12.1 Å². The fraction of sp³-hybridized carbons (Fsp3) is 0.500. The molecule has 0 aliphatic heterocycles. The number of aryl methyl sites for hydroxylation is 1. The Labute approximate surface area is 115 Å². The van der Waals surface area contributed by atoms with Crippen molar-refractivity contribution in [3.63, 3.8) is 0 Å². The standard InChI is InChI=1S/C16H22N2O/c1-10(2)15(8-17)16(19)18-9-14-7-6-11(3)12(4)13(14)5/h6-7,10,15H,9H2,1-5H3,(H,18,19). The minimum absolute atomic E-state index is 0.0332. The molecule has 1 rings (SSSR count). The quantitative estimate of drug-likeness (QED) is 0.902. The molecule has 0 bridgehead atoms. The van der Waals surface area contributed by atoms with Crippen molar-refractivity contribution in [1.82, 2.24) is 5.32 Å². The Balaban J connectivity index is 2.76. The summed E-state index contributed by atoms with van der Waals surface area (Å²) in [5.41, 5.74) is 4.83. The third-order valence-corrected chi connectivity index (χ3v) is 3.71. The van der Waals surface area contributed by atoms with Crippen LogP contribution in [0.1, 0.15) is 36.1 Å². The van der Waals surface area contributed by atoms with Crippen molar-refractivity contribution < 1.29 is 4.79 Å². The van der Waals surface area contributed by atoms with Gasteiger partial charge in [0, 0.05) is 6.54 Å². The topological polar surface area (TPSA) is 52.9 Å². The fourth-order valence-electron chi connectivity index (χ4n) is 2.01. The molecule has 0 spiro atoms. The second-order valence-corrected chi connectivity index (χ2v) is 5.36. The molecule has 0 saturated heterocycles. The maximum atomic E-state index is 11.9. The lowest BCUT2D eigenvalue weighted by Crippen LogP contribution is -2.32. The Morgan fingerprint density at radius 2 is 1.89 bits per heavy atom. The molecule has 3 nitrogen and oxygen atoms in total. The van der Waals surface area contributed by atoms with E-state index in [-0.39, 0.29) is 11.8 Å². The number of hydrogen-bond donors (Lipinski definition) is 1. The van der Waals surface area contributed by atoms with Crippen LogP contribution in [0.5, 0.6) is 0 Å². The highest BCUT2D eigenvalue weighted by Gasteiger charge is 2.21. The second-order valence-electron chi connectivity index (χ2n) is 5.36. The van der Waals surface area contributed by atoms with Gasteiger partial charge in [-0.05, 0) is 48.9 Å². The third-order valence-electron chi connectivity index (χ3n) is 3.71. The Bertz CT molecular complexity index is 512. The summed E-state index contributed by atoms with van der Waals surface area (Å²) in [6.07, 6.45) is 0. The first kappa shape index (κ1) is 15.2. The molecule has 0 radical (unpaired) electrons. The van der Waals surface area contributed by atoms with Gasteiger partial charge in [-0.1, -0.05) is 26.0 Å². The minimum Gasteiger partial charge on any atom is -0.351 e. The van der Waals surface area contributed by atoms with E-state index in [2.05, 4.69) is 38.2 Å². The van der Waals surface area contributed by atoms with Gasteiger partial charge in [0.2, 0.25) is 5.91 Å². The lowest BCUT2D eigenvalue weighted by molar-refractivity contribution is -0.124. The Morgan fingerprint density at radius 3 is 2.42 bits per heavy atom. The Kier molecular flexibility index (Phi) is 5.11. The fourth-order valence-corrected chi connectivity index (χ4v) is 2.01. The van der Waals surface area contributed by atoms with E-state index in [0.717, 1.165) is 5.56 Å². The molecule has 0 fully saturated rings. The number of carbonyl (C=O) groups excluding carboxylic acids is 1. The van der Waals surface area contributed by atoms with Gasteiger partial charge >= 0.3 is 0 Å². The number of carbonyl (C=O) groups is 1. The summed E-state index contributed by atoms with van der Waals surface area (Å²) in [4.78, 5) is 11.9. The van der Waals surface area contributed by atoms with Crippen molar-refractivity contribution in [3.05, 3.63) is 34.4 Å². The largest absolute Gasteiger partial charge is 0.351 e. The van der Waals surface area contributed by atoms with Gasteiger partial charge in [0.15, 0.2) is 0 Å². The van der Waals surface area contributed by atoms with Crippen LogP contribution < -0.4 is 5.32 Å². The van der Waals surface area contributed by atoms with E-state index in [1.165, 1.54) is 16.7 Å². The zero-order valence-electron chi connectivity index (χ0n) is 12.4. The summed E-state index contributed by atoms with van der Waals surface area (Å²) < 4.78 is 0. The molecule has 0 heterocycles. The highest BCUT2D eigenvalue weighted by atomic mass is 16.1. The molecular weight excluding hydrogens is 236 g/mol. The molecule has 0 saturated carbocycles. The van der Waals surface area contributed by atoms with E-state index >= 15 is 0 Å². The summed E-state index contributed by atoms with van der Waals surface area (Å²) in [6, 6.07) is 6.16. The zero-order valence-corrected chi connectivity index (χ0v) is 12.4. The summed E-state index contributed by atoms with van der Waals surface area (Å²) in [5.74, 6) is -0.729. The number of nitrogens with zero attached hydrogens (tertiary/aromatic N) is 1. The van der Waals surface area contributed by atoms with Crippen LogP contribution in [0, 0.1) is 43.9 Å². The van der Waals surface area contributed by atoms with Gasteiger partial charge in [-0.25, -0.2) is 0 Å². The van der Waals surface area contributed by atoms with E-state index in [1.54, 1.807) is 0 Å². The average Bonchev–Trinajstić information content (AvgIpc) is 2.35. The predicted molar refractivity (Wildman–Crippen MR) is 76.4 cm³/mol. The first-order chi connectivity index (χ1) is 8.88. The average molecular weight is 258 g/mol. The van der Waals surface area contributed by atoms with Gasteiger partial charge < -0.3 is 5.32 Å². The van der Waals surface area contributed by atoms with Gasteiger partial charge in [-0.2, -0.15) is 5.26 Å². The number of hydrogen-bond acceptors (Lipinski definition) is 2. The second kappa shape index (κ2) is 6.38. The molecule has 0 aromatic heterocycles. The van der Waals surface area contributed by atoms with Crippen molar-refractivity contribution in [1.29, 1.82) is 5.26 Å². The first-order valence-corrected chi connectivity index (χ1v) is 6.61. The van der Waals surface area contributed by atoms with Crippen LogP contribution in [0.2, 0.25) is 0 Å². The molecule has 1 amide bonds. The van der Waals surface area contributed by atoms with E-state index in [9.17, 15) is 4.79 Å². The lowest BCUT2D eigenvalue weighted by Gasteiger charge is -2.15. The SMILES string of the molecule is Cc1ccc(CNC(=O)C(C#N)C(C)C)c(C)c1C. The van der Waals surface area contributed by atoms with E-state index in [0.29, 0.717) is 6.54 Å². The molecular formula is C16H22N2O. The first-order valence-electron chi connectivity index (χ1n) is 6.61. The Hall–Kier alpha value is -1.82. The summed E-state index contributed by atoms with van der Waals surface area (Å²) in [7, 11) is 0. The van der Waals surface area contributed by atoms with E-state index in [1.807, 2.05) is 19.9 Å². The van der Waals surface area contributed by atoms with Gasteiger partial charge in [0.05, 0.1) is 6.07 Å². The molecule has 1 unspecified atom stereocenters. The van der Waals surface area contributed by atoms with Crippen molar-refractivity contribution >= 4 is 5.91 Å². The van der Waals surface area contributed by atoms with Crippen LogP contribution in [0.3, 0.4) is 0 Å². The van der Waals surface area contributed by atoms with Gasteiger partial charge in [-0.3, -0.25) is 4.79 Å². The predicted octanol–water partition coefficient (Wildman–Crippen LogP) is 3.02. The molecule has 0 aliphatic rings. The third kappa shape index (κ3) is 3.57. The smallest absolute Gasteiger partial charge is 0.237 e. The normalized spacial score (nSPS) is 12.1. The van der Waals surface area contributed by atoms with Crippen molar-refractivity contribution in [3.8, 4) is 6.07 Å². The van der Waals surface area contributed by atoms with Crippen molar-refractivity contribution in [2.24, 2.45) is 11.8 Å². The molecule has 102 valence electrons. The van der Waals surface area contributed by atoms with Crippen LogP contribution in [0.4, 0.5) is 0 Å². The van der Waals surface area contributed by atoms with Crippen LogP contribution in [0.25, 0.3) is 0 Å².